The summed E-state index contributed by atoms with van der Waals surface area (Å²) in [6, 6.07) is 0.112. The van der Waals surface area contributed by atoms with E-state index in [-0.39, 0.29) is 29.9 Å². The van der Waals surface area contributed by atoms with Gasteiger partial charge in [-0.2, -0.15) is 0 Å². The summed E-state index contributed by atoms with van der Waals surface area (Å²) in [6.07, 6.45) is 3.89. The molecule has 18 heavy (non-hydrogen) atoms. The van der Waals surface area contributed by atoms with E-state index < -0.39 is 0 Å². The van der Waals surface area contributed by atoms with Gasteiger partial charge in [-0.15, -0.1) is 0 Å². The van der Waals surface area contributed by atoms with Crippen molar-refractivity contribution in [2.75, 3.05) is 26.8 Å². The fourth-order valence-corrected chi connectivity index (χ4v) is 2.89. The van der Waals surface area contributed by atoms with Crippen LogP contribution in [0.5, 0.6) is 0 Å². The molecular formula is C13H24N2O3. The Morgan fingerprint density at radius 1 is 1.33 bits per heavy atom. The van der Waals surface area contributed by atoms with E-state index in [1.54, 1.807) is 0 Å². The quantitative estimate of drug-likeness (QED) is 0.656. The number of hydrogen-bond donors (Lipinski definition) is 3. The van der Waals surface area contributed by atoms with Crippen LogP contribution in [0.1, 0.15) is 25.7 Å². The van der Waals surface area contributed by atoms with Crippen LogP contribution in [0.2, 0.25) is 0 Å². The molecule has 1 saturated heterocycles. The van der Waals surface area contributed by atoms with E-state index in [1.807, 2.05) is 7.05 Å². The van der Waals surface area contributed by atoms with Gasteiger partial charge in [-0.3, -0.25) is 4.79 Å². The van der Waals surface area contributed by atoms with Gasteiger partial charge in [0.05, 0.1) is 25.2 Å². The highest BCUT2D eigenvalue weighted by Gasteiger charge is 2.33. The Hall–Kier alpha value is -0.650. The first-order valence-corrected chi connectivity index (χ1v) is 6.93. The number of amides is 1. The minimum absolute atomic E-state index is 0.0459. The van der Waals surface area contributed by atoms with Crippen LogP contribution >= 0.6 is 0 Å². The summed E-state index contributed by atoms with van der Waals surface area (Å²) >= 11 is 0. The maximum absolute atomic E-state index is 12.1. The van der Waals surface area contributed by atoms with Crippen LogP contribution in [0.3, 0.4) is 0 Å². The van der Waals surface area contributed by atoms with Crippen molar-refractivity contribution in [3.63, 3.8) is 0 Å². The molecule has 104 valence electrons. The number of ether oxygens (including phenoxy) is 1. The Kier molecular flexibility index (Phi) is 4.97. The van der Waals surface area contributed by atoms with Gasteiger partial charge < -0.3 is 20.5 Å². The lowest BCUT2D eigenvalue weighted by atomic mass is 9.86. The van der Waals surface area contributed by atoms with Crippen molar-refractivity contribution < 1.29 is 14.6 Å². The fourth-order valence-electron chi connectivity index (χ4n) is 2.89. The molecule has 5 nitrogen and oxygen atoms in total. The Labute approximate surface area is 108 Å². The number of hydrogen-bond acceptors (Lipinski definition) is 4. The molecule has 1 aliphatic carbocycles. The zero-order valence-electron chi connectivity index (χ0n) is 11.0. The number of nitrogens with one attached hydrogen (secondary N) is 2. The second-order valence-electron chi connectivity index (χ2n) is 5.40. The predicted molar refractivity (Wildman–Crippen MR) is 68.1 cm³/mol. The molecule has 0 aromatic heterocycles. The van der Waals surface area contributed by atoms with E-state index in [0.29, 0.717) is 19.8 Å². The van der Waals surface area contributed by atoms with E-state index in [4.69, 9.17) is 4.74 Å². The van der Waals surface area contributed by atoms with Crippen molar-refractivity contribution >= 4 is 5.91 Å². The van der Waals surface area contributed by atoms with Crippen molar-refractivity contribution in [3.05, 3.63) is 0 Å². The van der Waals surface area contributed by atoms with Crippen molar-refractivity contribution in [2.24, 2.45) is 11.8 Å². The first kappa shape index (κ1) is 13.8. The number of carbonyl (C=O) groups is 1. The second-order valence-corrected chi connectivity index (χ2v) is 5.40. The first-order valence-electron chi connectivity index (χ1n) is 6.93. The minimum Gasteiger partial charge on any atom is -0.393 e. The molecule has 0 aromatic carbocycles. The predicted octanol–water partition coefficient (Wildman–Crippen LogP) is -0.112. The van der Waals surface area contributed by atoms with Crippen LogP contribution in [-0.4, -0.2) is 50.0 Å². The molecule has 0 bridgehead atoms. The summed E-state index contributed by atoms with van der Waals surface area (Å²) in [4.78, 5) is 12.1. The standard InChI is InChI=1S/C13H24N2O3/c1-14-11-8-18-7-10(11)13(17)15-6-9-4-2-3-5-12(9)16/h9-12,14,16H,2-8H2,1H3,(H,15,17). The highest BCUT2D eigenvalue weighted by Crippen LogP contribution is 2.24. The molecule has 2 rings (SSSR count). The Morgan fingerprint density at radius 2 is 2.11 bits per heavy atom. The topological polar surface area (TPSA) is 70.6 Å². The normalized spacial score (nSPS) is 36.6. The molecule has 1 saturated carbocycles. The fraction of sp³-hybridized carbons (Fsp3) is 0.923. The monoisotopic (exact) mass is 256 g/mol. The van der Waals surface area contributed by atoms with Crippen molar-refractivity contribution in [2.45, 2.75) is 37.8 Å². The maximum Gasteiger partial charge on any atom is 0.227 e. The molecule has 4 atom stereocenters. The van der Waals surface area contributed by atoms with Crippen LogP contribution in [-0.2, 0) is 9.53 Å². The highest BCUT2D eigenvalue weighted by atomic mass is 16.5. The molecule has 5 heteroatoms. The summed E-state index contributed by atoms with van der Waals surface area (Å²) in [7, 11) is 1.85. The third-order valence-corrected chi connectivity index (χ3v) is 4.20. The number of rotatable bonds is 4. The molecule has 1 aliphatic heterocycles. The van der Waals surface area contributed by atoms with Gasteiger partial charge >= 0.3 is 0 Å². The Bertz CT molecular complexity index is 285. The van der Waals surface area contributed by atoms with E-state index in [0.717, 1.165) is 25.7 Å². The second kappa shape index (κ2) is 6.50. The summed E-state index contributed by atoms with van der Waals surface area (Å²) in [5.74, 6) is 0.165. The first-order chi connectivity index (χ1) is 8.72. The molecule has 0 spiro atoms. The molecule has 1 heterocycles. The van der Waals surface area contributed by atoms with E-state index in [2.05, 4.69) is 10.6 Å². The zero-order chi connectivity index (χ0) is 13.0. The highest BCUT2D eigenvalue weighted by molar-refractivity contribution is 5.79. The van der Waals surface area contributed by atoms with Gasteiger partial charge in [0.15, 0.2) is 0 Å². The number of aliphatic hydroxyl groups excluding tert-OH is 1. The van der Waals surface area contributed by atoms with E-state index in [1.165, 1.54) is 0 Å². The average molecular weight is 256 g/mol. The maximum atomic E-state index is 12.1. The minimum atomic E-state index is -0.251. The van der Waals surface area contributed by atoms with Crippen LogP contribution < -0.4 is 10.6 Å². The number of aliphatic hydroxyl groups is 1. The van der Waals surface area contributed by atoms with Crippen LogP contribution in [0.15, 0.2) is 0 Å². The molecule has 4 unspecified atom stereocenters. The van der Waals surface area contributed by atoms with Gasteiger partial charge in [-0.1, -0.05) is 12.8 Å². The molecule has 0 aromatic rings. The van der Waals surface area contributed by atoms with Gasteiger partial charge in [-0.25, -0.2) is 0 Å². The van der Waals surface area contributed by atoms with Crippen LogP contribution in [0, 0.1) is 11.8 Å². The Morgan fingerprint density at radius 3 is 2.83 bits per heavy atom. The van der Waals surface area contributed by atoms with Gasteiger partial charge in [0.1, 0.15) is 0 Å². The lowest BCUT2D eigenvalue weighted by Gasteiger charge is -2.28. The number of likely N-dealkylation sites (N-methyl/N-ethyl adjacent to an activating group) is 1. The van der Waals surface area contributed by atoms with Gasteiger partial charge in [0.2, 0.25) is 5.91 Å². The van der Waals surface area contributed by atoms with E-state index >= 15 is 0 Å². The van der Waals surface area contributed by atoms with Crippen molar-refractivity contribution in [1.29, 1.82) is 0 Å². The van der Waals surface area contributed by atoms with Crippen LogP contribution in [0.25, 0.3) is 0 Å². The average Bonchev–Trinajstić information content (AvgIpc) is 2.86. The molecule has 1 amide bonds. The molecule has 3 N–H and O–H groups in total. The largest absolute Gasteiger partial charge is 0.393 e. The van der Waals surface area contributed by atoms with Gasteiger partial charge in [0.25, 0.3) is 0 Å². The molecule has 2 fully saturated rings. The molecule has 0 radical (unpaired) electrons. The third-order valence-electron chi connectivity index (χ3n) is 4.20. The Balaban J connectivity index is 1.77. The SMILES string of the molecule is CNC1COCC1C(=O)NCC1CCCCC1O. The summed E-state index contributed by atoms with van der Waals surface area (Å²) < 4.78 is 5.32. The summed E-state index contributed by atoms with van der Waals surface area (Å²) in [6.45, 7) is 1.68. The summed E-state index contributed by atoms with van der Waals surface area (Å²) in [5, 5.41) is 15.9. The van der Waals surface area contributed by atoms with Crippen molar-refractivity contribution in [3.8, 4) is 0 Å². The van der Waals surface area contributed by atoms with Gasteiger partial charge in [0, 0.05) is 18.5 Å². The third kappa shape index (κ3) is 3.22. The van der Waals surface area contributed by atoms with Crippen LogP contribution in [0.4, 0.5) is 0 Å². The zero-order valence-corrected chi connectivity index (χ0v) is 11.0. The smallest absolute Gasteiger partial charge is 0.227 e. The van der Waals surface area contributed by atoms with Crippen molar-refractivity contribution in [1.82, 2.24) is 10.6 Å². The van der Waals surface area contributed by atoms with E-state index in [9.17, 15) is 9.90 Å². The summed E-state index contributed by atoms with van der Waals surface area (Å²) in [5.41, 5.74) is 0. The lowest BCUT2D eigenvalue weighted by molar-refractivity contribution is -0.125. The molecular weight excluding hydrogens is 232 g/mol. The number of carbonyl (C=O) groups excluding carboxylic acids is 1. The molecule has 2 aliphatic rings. The lowest BCUT2D eigenvalue weighted by Crippen LogP contribution is -2.45. The van der Waals surface area contributed by atoms with Gasteiger partial charge in [-0.05, 0) is 19.9 Å².